The van der Waals surface area contributed by atoms with Crippen molar-refractivity contribution in [3.05, 3.63) is 101 Å². The highest BCUT2D eigenvalue weighted by atomic mass is 32.2. The summed E-state index contributed by atoms with van der Waals surface area (Å²) in [6.45, 7) is 8.45. The van der Waals surface area contributed by atoms with Crippen molar-refractivity contribution in [3.63, 3.8) is 0 Å². The van der Waals surface area contributed by atoms with Crippen molar-refractivity contribution >= 4 is 38.7 Å². The van der Waals surface area contributed by atoms with E-state index in [1.807, 2.05) is 29.2 Å². The van der Waals surface area contributed by atoms with Crippen molar-refractivity contribution < 1.29 is 13.2 Å². The van der Waals surface area contributed by atoms with Crippen molar-refractivity contribution in [2.45, 2.75) is 39.8 Å². The van der Waals surface area contributed by atoms with Crippen molar-refractivity contribution in [2.24, 2.45) is 0 Å². The minimum absolute atomic E-state index is 0.240. The lowest BCUT2D eigenvalue weighted by atomic mass is 9.96. The van der Waals surface area contributed by atoms with E-state index in [2.05, 4.69) is 71.6 Å². The van der Waals surface area contributed by atoms with Gasteiger partial charge < -0.3 is 19.5 Å². The fraction of sp³-hybridized carbons (Fsp3) is 0.267. The van der Waals surface area contributed by atoms with Crippen molar-refractivity contribution in [1.82, 2.24) is 14.9 Å². The minimum Gasteiger partial charge on any atom is -0.495 e. The Bertz CT molecular complexity index is 1680. The molecule has 0 radical (unpaired) electrons. The first-order valence-corrected chi connectivity index (χ1v) is 15.2. The van der Waals surface area contributed by atoms with Gasteiger partial charge in [0.15, 0.2) is 5.11 Å². The predicted octanol–water partition coefficient (Wildman–Crippen LogP) is 5.66. The van der Waals surface area contributed by atoms with E-state index in [0.29, 0.717) is 16.5 Å². The lowest BCUT2D eigenvalue weighted by Crippen LogP contribution is -2.29. The predicted molar refractivity (Wildman–Crippen MR) is 164 cm³/mol. The Morgan fingerprint density at radius 3 is 2.33 bits per heavy atom. The van der Waals surface area contributed by atoms with Gasteiger partial charge in [-0.05, 0) is 105 Å². The third-order valence-electron chi connectivity index (χ3n) is 7.11. The second-order valence-corrected chi connectivity index (χ2v) is 12.4. The topological polar surface area (TPSA) is 88.5 Å². The number of ether oxygens (including phenoxy) is 1. The molecule has 0 bridgehead atoms. The molecule has 5 rings (SSSR count). The number of thiocarbonyl (C=S) groups is 1. The van der Waals surface area contributed by atoms with Gasteiger partial charge in [-0.25, -0.2) is 8.42 Å². The summed E-state index contributed by atoms with van der Waals surface area (Å²) in [6, 6.07) is 19.5. The first-order valence-electron chi connectivity index (χ1n) is 12.9. The van der Waals surface area contributed by atoms with Gasteiger partial charge in [-0.3, -0.25) is 9.71 Å². The molecule has 4 aromatic rings. The molecule has 2 atom stereocenters. The van der Waals surface area contributed by atoms with Crippen LogP contribution >= 0.6 is 12.2 Å². The second kappa shape index (κ2) is 10.6. The van der Waals surface area contributed by atoms with E-state index in [1.54, 1.807) is 18.3 Å². The van der Waals surface area contributed by atoms with Crippen LogP contribution in [0.3, 0.4) is 0 Å². The highest BCUT2D eigenvalue weighted by molar-refractivity contribution is 7.92. The van der Waals surface area contributed by atoms with Crippen LogP contribution < -0.4 is 19.7 Å². The van der Waals surface area contributed by atoms with Gasteiger partial charge in [0.2, 0.25) is 10.0 Å². The zero-order chi connectivity index (χ0) is 28.8. The fourth-order valence-electron chi connectivity index (χ4n) is 5.64. The Labute approximate surface area is 241 Å². The standard InChI is InChI=1S/C30H33N5O3S2/c1-18-13-19(2)15-23(14-18)34-20(3)16-24(21(34)4)29-28(25-9-7-8-12-31-25)32-30(39)35(29)22-10-11-27(38-5)26(17-22)33-40(6,36)37/h7-17,28-29,33H,1-6H3,(H,32,39)/t28-,29-/m1/s1. The minimum atomic E-state index is -3.54. The maximum atomic E-state index is 12.1. The number of aromatic nitrogens is 2. The summed E-state index contributed by atoms with van der Waals surface area (Å²) in [6.07, 6.45) is 2.89. The molecule has 8 nitrogen and oxygen atoms in total. The first-order chi connectivity index (χ1) is 19.0. The van der Waals surface area contributed by atoms with Crippen LogP contribution in [0.2, 0.25) is 0 Å². The SMILES string of the molecule is COc1ccc(N2C(=S)N[C@H](c3ccccn3)[C@H]2c2cc(C)n(-c3cc(C)cc(C)c3)c2C)cc1NS(C)(=O)=O. The van der Waals surface area contributed by atoms with E-state index in [9.17, 15) is 8.42 Å². The largest absolute Gasteiger partial charge is 0.495 e. The zero-order valence-electron chi connectivity index (χ0n) is 23.4. The summed E-state index contributed by atoms with van der Waals surface area (Å²) in [5.74, 6) is 0.415. The van der Waals surface area contributed by atoms with E-state index < -0.39 is 10.0 Å². The summed E-state index contributed by atoms with van der Waals surface area (Å²) in [4.78, 5) is 6.70. The Morgan fingerprint density at radius 2 is 1.70 bits per heavy atom. The molecular weight excluding hydrogens is 542 g/mol. The molecule has 2 N–H and O–H groups in total. The van der Waals surface area contributed by atoms with Gasteiger partial charge in [0, 0.05) is 29.0 Å². The van der Waals surface area contributed by atoms with Crippen molar-refractivity contribution in [2.75, 3.05) is 23.0 Å². The Balaban J connectivity index is 1.69. The summed E-state index contributed by atoms with van der Waals surface area (Å²) in [5.41, 5.74) is 8.71. The monoisotopic (exact) mass is 575 g/mol. The van der Waals surface area contributed by atoms with Crippen LogP contribution in [0, 0.1) is 27.7 Å². The summed E-state index contributed by atoms with van der Waals surface area (Å²) < 4.78 is 34.5. The Morgan fingerprint density at radius 1 is 0.975 bits per heavy atom. The van der Waals surface area contributed by atoms with E-state index in [-0.39, 0.29) is 12.1 Å². The molecule has 2 aromatic carbocycles. The number of nitrogens with one attached hydrogen (secondary N) is 2. The molecule has 2 aromatic heterocycles. The Hall–Kier alpha value is -3.89. The number of sulfonamides is 1. The number of aryl methyl sites for hydroxylation is 3. The summed E-state index contributed by atoms with van der Waals surface area (Å²) >= 11 is 5.91. The number of benzene rings is 2. The fourth-order valence-corrected chi connectivity index (χ4v) is 6.54. The van der Waals surface area contributed by atoms with Crippen LogP contribution in [0.25, 0.3) is 5.69 Å². The van der Waals surface area contributed by atoms with Gasteiger partial charge in [-0.1, -0.05) is 12.1 Å². The highest BCUT2D eigenvalue weighted by Gasteiger charge is 2.42. The highest BCUT2D eigenvalue weighted by Crippen LogP contribution is 2.45. The lowest BCUT2D eigenvalue weighted by Gasteiger charge is -2.29. The molecule has 1 aliphatic rings. The van der Waals surface area contributed by atoms with Crippen LogP contribution in [0.5, 0.6) is 5.75 Å². The molecule has 0 amide bonds. The number of anilines is 2. The maximum absolute atomic E-state index is 12.1. The number of nitrogens with zero attached hydrogens (tertiary/aromatic N) is 3. The van der Waals surface area contributed by atoms with Crippen molar-refractivity contribution in [3.8, 4) is 11.4 Å². The molecule has 0 unspecified atom stereocenters. The van der Waals surface area contributed by atoms with E-state index in [1.165, 1.54) is 18.2 Å². The quantitative estimate of drug-likeness (QED) is 0.275. The smallest absolute Gasteiger partial charge is 0.229 e. The van der Waals surface area contributed by atoms with E-state index in [0.717, 1.165) is 40.3 Å². The molecule has 0 aliphatic carbocycles. The first kappa shape index (κ1) is 27.7. The molecule has 208 valence electrons. The van der Waals surface area contributed by atoms with Crippen LogP contribution in [-0.4, -0.2) is 36.4 Å². The number of rotatable bonds is 7. The van der Waals surface area contributed by atoms with Gasteiger partial charge in [0.05, 0.1) is 36.8 Å². The number of pyridine rings is 1. The molecular formula is C30H33N5O3S2. The third-order valence-corrected chi connectivity index (χ3v) is 8.01. The maximum Gasteiger partial charge on any atom is 0.229 e. The number of hydrogen-bond donors (Lipinski definition) is 2. The summed E-state index contributed by atoms with van der Waals surface area (Å²) in [7, 11) is -2.03. The van der Waals surface area contributed by atoms with E-state index >= 15 is 0 Å². The van der Waals surface area contributed by atoms with Crippen LogP contribution in [0.1, 0.15) is 45.9 Å². The Kier molecular flexibility index (Phi) is 7.32. The molecule has 1 saturated heterocycles. The van der Waals surface area contributed by atoms with Gasteiger partial charge in [0.1, 0.15) is 5.75 Å². The van der Waals surface area contributed by atoms with Gasteiger partial charge in [-0.2, -0.15) is 0 Å². The number of hydrogen-bond acceptors (Lipinski definition) is 5. The lowest BCUT2D eigenvalue weighted by molar-refractivity contribution is 0.417. The summed E-state index contributed by atoms with van der Waals surface area (Å²) in [5, 5.41) is 4.01. The van der Waals surface area contributed by atoms with Gasteiger partial charge in [-0.15, -0.1) is 0 Å². The van der Waals surface area contributed by atoms with Crippen molar-refractivity contribution in [1.29, 1.82) is 0 Å². The average Bonchev–Trinajstić information content (AvgIpc) is 3.37. The van der Waals surface area contributed by atoms with E-state index in [4.69, 9.17) is 17.0 Å². The second-order valence-electron chi connectivity index (χ2n) is 10.3. The van der Waals surface area contributed by atoms with Crippen LogP contribution in [0.4, 0.5) is 11.4 Å². The molecule has 1 fully saturated rings. The third kappa shape index (κ3) is 5.29. The van der Waals surface area contributed by atoms with Crippen LogP contribution in [-0.2, 0) is 10.0 Å². The average molecular weight is 576 g/mol. The van der Waals surface area contributed by atoms with Crippen LogP contribution in [0.15, 0.2) is 66.9 Å². The molecule has 0 saturated carbocycles. The van der Waals surface area contributed by atoms with Gasteiger partial charge >= 0.3 is 0 Å². The normalized spacial score (nSPS) is 17.1. The molecule has 0 spiro atoms. The molecule has 1 aliphatic heterocycles. The van der Waals surface area contributed by atoms with Gasteiger partial charge in [0.25, 0.3) is 0 Å². The number of methoxy groups -OCH3 is 1. The molecule has 3 heterocycles. The molecule has 10 heteroatoms. The molecule has 40 heavy (non-hydrogen) atoms. The zero-order valence-corrected chi connectivity index (χ0v) is 25.0.